The lowest BCUT2D eigenvalue weighted by atomic mass is 10.1. The van der Waals surface area contributed by atoms with Gasteiger partial charge in [-0.25, -0.2) is 5.26 Å². The van der Waals surface area contributed by atoms with Crippen LogP contribution < -0.4 is 5.32 Å². The molecule has 0 aromatic heterocycles. The van der Waals surface area contributed by atoms with Crippen molar-refractivity contribution in [2.75, 3.05) is 18.9 Å². The Bertz CT molecular complexity index is 665. The van der Waals surface area contributed by atoms with E-state index in [9.17, 15) is 5.11 Å². The Morgan fingerprint density at radius 2 is 2.04 bits per heavy atom. The lowest BCUT2D eigenvalue weighted by Crippen LogP contribution is -1.97. The van der Waals surface area contributed by atoms with Gasteiger partial charge in [-0.15, -0.1) is 4.33 Å². The van der Waals surface area contributed by atoms with E-state index in [1.165, 1.54) is 7.05 Å². The molecule has 0 aliphatic carbocycles. The van der Waals surface area contributed by atoms with Crippen LogP contribution in [0.4, 0.5) is 11.4 Å². The molecule has 0 radical (unpaired) electrons. The molecule has 2 aromatic rings. The van der Waals surface area contributed by atoms with Crippen molar-refractivity contribution in [3.63, 3.8) is 0 Å². The fourth-order valence-electron chi connectivity index (χ4n) is 2.05. The van der Waals surface area contributed by atoms with Gasteiger partial charge in [0.25, 0.3) is 0 Å². The minimum absolute atomic E-state index is 0.0151. The highest BCUT2D eigenvalue weighted by Gasteiger charge is 2.16. The van der Waals surface area contributed by atoms with Crippen molar-refractivity contribution in [2.45, 2.75) is 25.7 Å². The molecule has 0 unspecified atom stereocenters. The molecule has 0 heterocycles. The lowest BCUT2D eigenvalue weighted by Gasteiger charge is -2.13. The Kier molecular flexibility index (Phi) is 8.35. The summed E-state index contributed by atoms with van der Waals surface area (Å²) in [5.74, 6) is -0.0151. The summed E-state index contributed by atoms with van der Waals surface area (Å²) in [6.07, 6.45) is 0. The van der Waals surface area contributed by atoms with Gasteiger partial charge in [-0.3, -0.25) is 0 Å². The summed E-state index contributed by atoms with van der Waals surface area (Å²) in [7, 11) is 1.50. The number of aromatic hydroxyl groups is 1. The molecule has 0 aliphatic heterocycles. The van der Waals surface area contributed by atoms with Crippen molar-refractivity contribution >= 4 is 34.2 Å². The standard InChI is InChI=1S/C13H15N3O4S.C2H6/c1-3-15-9-6-4-5-8-7-10(21-20-19-18)12(16-14-2)13(17)11(8)9;1-2/h4-7,15,17-18H,3H2,1-2H3;1-2H3. The normalized spacial score (nSPS) is 10.7. The summed E-state index contributed by atoms with van der Waals surface area (Å²) < 4.78 is 4.43. The number of hydrogen-bond donors (Lipinski definition) is 3. The van der Waals surface area contributed by atoms with Crippen LogP contribution in [0.5, 0.6) is 5.75 Å². The second kappa shape index (κ2) is 10.0. The molecule has 0 spiro atoms. The summed E-state index contributed by atoms with van der Waals surface area (Å²) >= 11 is 0.729. The minimum atomic E-state index is -0.0151. The van der Waals surface area contributed by atoms with Crippen LogP contribution in [0.25, 0.3) is 10.8 Å². The van der Waals surface area contributed by atoms with Crippen LogP contribution >= 0.6 is 12.0 Å². The quantitative estimate of drug-likeness (QED) is 0.292. The van der Waals surface area contributed by atoms with Crippen molar-refractivity contribution in [3.05, 3.63) is 24.3 Å². The molecule has 8 heteroatoms. The van der Waals surface area contributed by atoms with Gasteiger partial charge in [-0.1, -0.05) is 31.0 Å². The van der Waals surface area contributed by atoms with Gasteiger partial charge in [-0.05, 0) is 24.4 Å². The SMILES string of the molecule is CC.CCNc1cccc2cc(SOOO)c(N=NC)c(O)c12. The number of phenolic OH excluding ortho intramolecular Hbond substituents is 1. The lowest BCUT2D eigenvalue weighted by molar-refractivity contribution is -0.432. The topological polar surface area (TPSA) is 95.7 Å². The second-order valence-electron chi connectivity index (χ2n) is 4.03. The van der Waals surface area contributed by atoms with Crippen LogP contribution in [0.15, 0.2) is 39.4 Å². The van der Waals surface area contributed by atoms with Crippen molar-refractivity contribution < 1.29 is 19.7 Å². The average Bonchev–Trinajstić information content (AvgIpc) is 2.58. The van der Waals surface area contributed by atoms with Crippen LogP contribution in [0.1, 0.15) is 20.8 Å². The Morgan fingerprint density at radius 3 is 2.65 bits per heavy atom. The van der Waals surface area contributed by atoms with Crippen molar-refractivity contribution in [1.29, 1.82) is 0 Å². The molecule has 0 fully saturated rings. The van der Waals surface area contributed by atoms with Crippen LogP contribution in [-0.4, -0.2) is 24.0 Å². The van der Waals surface area contributed by atoms with E-state index in [2.05, 4.69) is 24.9 Å². The summed E-state index contributed by atoms with van der Waals surface area (Å²) in [6.45, 7) is 6.69. The number of phenols is 1. The first-order chi connectivity index (χ1) is 11.2. The van der Waals surface area contributed by atoms with Gasteiger partial charge in [-0.2, -0.15) is 10.2 Å². The van der Waals surface area contributed by atoms with Crippen molar-refractivity contribution in [3.8, 4) is 5.75 Å². The molecule has 7 nitrogen and oxygen atoms in total. The van der Waals surface area contributed by atoms with Gasteiger partial charge >= 0.3 is 0 Å². The van der Waals surface area contributed by atoms with E-state index in [0.717, 1.165) is 29.7 Å². The van der Waals surface area contributed by atoms with Crippen molar-refractivity contribution in [1.82, 2.24) is 0 Å². The first kappa shape index (κ1) is 19.2. The van der Waals surface area contributed by atoms with E-state index >= 15 is 0 Å². The molecule has 3 N–H and O–H groups in total. The third-order valence-electron chi connectivity index (χ3n) is 2.80. The van der Waals surface area contributed by atoms with Gasteiger partial charge < -0.3 is 10.4 Å². The molecule has 0 saturated heterocycles. The van der Waals surface area contributed by atoms with E-state index in [4.69, 9.17) is 5.26 Å². The van der Waals surface area contributed by atoms with Crippen molar-refractivity contribution in [2.24, 2.45) is 10.2 Å². The Hall–Kier alpha value is -1.87. The molecule has 0 bridgehead atoms. The highest BCUT2D eigenvalue weighted by atomic mass is 32.2. The molecule has 0 atom stereocenters. The number of nitrogens with zero attached hydrogens (tertiary/aromatic N) is 2. The Labute approximate surface area is 139 Å². The zero-order valence-corrected chi connectivity index (χ0v) is 14.3. The highest BCUT2D eigenvalue weighted by Crippen LogP contribution is 2.45. The van der Waals surface area contributed by atoms with Crippen LogP contribution in [0.2, 0.25) is 0 Å². The van der Waals surface area contributed by atoms with E-state index in [1.807, 2.05) is 39.0 Å². The first-order valence-electron chi connectivity index (χ1n) is 7.20. The molecule has 0 aliphatic rings. The van der Waals surface area contributed by atoms with E-state index in [0.29, 0.717) is 10.3 Å². The molecule has 126 valence electrons. The molecule has 2 aromatic carbocycles. The maximum atomic E-state index is 10.5. The molecule has 0 saturated carbocycles. The summed E-state index contributed by atoms with van der Waals surface area (Å²) in [5, 5.41) is 34.6. The summed E-state index contributed by atoms with van der Waals surface area (Å²) in [6, 6.07) is 7.37. The van der Waals surface area contributed by atoms with Gasteiger partial charge in [0.2, 0.25) is 0 Å². The number of azo groups is 1. The summed E-state index contributed by atoms with van der Waals surface area (Å²) in [4.78, 5) is 0.466. The predicted octanol–water partition coefficient (Wildman–Crippen LogP) is 5.15. The van der Waals surface area contributed by atoms with E-state index in [1.54, 1.807) is 6.07 Å². The number of rotatable bonds is 6. The minimum Gasteiger partial charge on any atom is -0.505 e. The third kappa shape index (κ3) is 4.55. The zero-order valence-electron chi connectivity index (χ0n) is 13.5. The molecular weight excluding hydrogens is 318 g/mol. The zero-order chi connectivity index (χ0) is 17.2. The molecule has 2 rings (SSSR count). The number of anilines is 1. The van der Waals surface area contributed by atoms with Crippen LogP contribution in [0.3, 0.4) is 0 Å². The maximum absolute atomic E-state index is 10.5. The molecule has 23 heavy (non-hydrogen) atoms. The van der Waals surface area contributed by atoms with Crippen LogP contribution in [-0.2, 0) is 9.37 Å². The smallest absolute Gasteiger partial charge is 0.154 e. The third-order valence-corrected chi connectivity index (χ3v) is 3.42. The Balaban J connectivity index is 0.00000127. The van der Waals surface area contributed by atoms with Gasteiger partial charge in [0.05, 0.1) is 16.9 Å². The summed E-state index contributed by atoms with van der Waals surface area (Å²) in [5.41, 5.74) is 1.05. The number of benzene rings is 2. The number of nitrogens with one attached hydrogen (secondary N) is 1. The second-order valence-corrected chi connectivity index (χ2v) is 4.77. The Morgan fingerprint density at radius 1 is 1.30 bits per heavy atom. The predicted molar refractivity (Wildman–Crippen MR) is 92.2 cm³/mol. The monoisotopic (exact) mass is 339 g/mol. The van der Waals surface area contributed by atoms with Gasteiger partial charge in [0, 0.05) is 24.7 Å². The van der Waals surface area contributed by atoms with E-state index in [-0.39, 0.29) is 11.4 Å². The fourth-order valence-corrected chi connectivity index (χ4v) is 2.54. The fraction of sp³-hybridized carbons (Fsp3) is 0.333. The molecular formula is C15H21N3O4S. The van der Waals surface area contributed by atoms with Gasteiger partial charge in [0.1, 0.15) is 5.69 Å². The largest absolute Gasteiger partial charge is 0.505 e. The van der Waals surface area contributed by atoms with Crippen LogP contribution in [0, 0.1) is 0 Å². The number of fused-ring (bicyclic) bond motifs is 1. The maximum Gasteiger partial charge on any atom is 0.154 e. The molecule has 0 amide bonds. The average molecular weight is 339 g/mol. The first-order valence-corrected chi connectivity index (χ1v) is 7.94. The number of hydrogen-bond acceptors (Lipinski definition) is 8. The highest BCUT2D eigenvalue weighted by molar-refractivity contribution is 7.94. The van der Waals surface area contributed by atoms with Gasteiger partial charge in [0.15, 0.2) is 5.75 Å². The van der Waals surface area contributed by atoms with E-state index < -0.39 is 0 Å².